The molecule has 0 bridgehead atoms. The van der Waals surface area contributed by atoms with E-state index in [0.29, 0.717) is 22.7 Å². The predicted octanol–water partition coefficient (Wildman–Crippen LogP) is 4.05. The molecule has 0 spiro atoms. The second-order valence-corrected chi connectivity index (χ2v) is 6.24. The standard InChI is InChI=1S/C16H16BrClN2O/c1-10(7-11-3-2-4-12(18)8-11)20-16(21)14-9-13(19)5-6-15(14)17/h2-6,8-10H,7,19H2,1H3,(H,20,21). The summed E-state index contributed by atoms with van der Waals surface area (Å²) in [6, 6.07) is 12.8. The molecule has 0 aliphatic rings. The number of amides is 1. The van der Waals surface area contributed by atoms with Gasteiger partial charge in [-0.25, -0.2) is 0 Å². The van der Waals surface area contributed by atoms with E-state index in [-0.39, 0.29) is 11.9 Å². The summed E-state index contributed by atoms with van der Waals surface area (Å²) in [6.45, 7) is 1.96. The predicted molar refractivity (Wildman–Crippen MR) is 90.6 cm³/mol. The lowest BCUT2D eigenvalue weighted by Gasteiger charge is -2.15. The number of rotatable bonds is 4. The van der Waals surface area contributed by atoms with Crippen LogP contribution in [0, 0.1) is 0 Å². The fourth-order valence-electron chi connectivity index (χ4n) is 2.09. The maximum Gasteiger partial charge on any atom is 0.252 e. The zero-order valence-corrected chi connectivity index (χ0v) is 13.9. The zero-order valence-electron chi connectivity index (χ0n) is 11.6. The zero-order chi connectivity index (χ0) is 15.4. The van der Waals surface area contributed by atoms with Gasteiger partial charge in [0.05, 0.1) is 5.56 Å². The molecule has 110 valence electrons. The normalized spacial score (nSPS) is 12.0. The second-order valence-electron chi connectivity index (χ2n) is 4.95. The topological polar surface area (TPSA) is 55.1 Å². The van der Waals surface area contributed by atoms with E-state index in [1.165, 1.54) is 0 Å². The molecule has 0 aliphatic carbocycles. The number of carbonyl (C=O) groups excluding carboxylic acids is 1. The molecule has 0 aromatic heterocycles. The van der Waals surface area contributed by atoms with Gasteiger partial charge in [0.2, 0.25) is 0 Å². The van der Waals surface area contributed by atoms with Crippen LogP contribution in [0.5, 0.6) is 0 Å². The van der Waals surface area contributed by atoms with Gasteiger partial charge >= 0.3 is 0 Å². The smallest absolute Gasteiger partial charge is 0.252 e. The van der Waals surface area contributed by atoms with Crippen LogP contribution in [0.4, 0.5) is 5.69 Å². The Labute approximate surface area is 137 Å². The summed E-state index contributed by atoms with van der Waals surface area (Å²) in [5, 5.41) is 3.66. The summed E-state index contributed by atoms with van der Waals surface area (Å²) in [6.07, 6.45) is 0.715. The Morgan fingerprint density at radius 2 is 2.10 bits per heavy atom. The fourth-order valence-corrected chi connectivity index (χ4v) is 2.73. The van der Waals surface area contributed by atoms with Crippen LogP contribution in [0.2, 0.25) is 5.02 Å². The van der Waals surface area contributed by atoms with Gasteiger partial charge in [-0.3, -0.25) is 4.79 Å². The Kier molecular flexibility index (Phi) is 5.26. The van der Waals surface area contributed by atoms with Crippen molar-refractivity contribution in [2.24, 2.45) is 0 Å². The Bertz CT molecular complexity index is 660. The minimum atomic E-state index is -0.149. The first-order valence-electron chi connectivity index (χ1n) is 6.56. The third-order valence-corrected chi connectivity index (χ3v) is 3.97. The van der Waals surface area contributed by atoms with Crippen LogP contribution in [0.25, 0.3) is 0 Å². The lowest BCUT2D eigenvalue weighted by molar-refractivity contribution is 0.0939. The average Bonchev–Trinajstić information content (AvgIpc) is 2.41. The first-order chi connectivity index (χ1) is 9.95. The Morgan fingerprint density at radius 3 is 2.81 bits per heavy atom. The van der Waals surface area contributed by atoms with E-state index < -0.39 is 0 Å². The van der Waals surface area contributed by atoms with Crippen molar-refractivity contribution >= 4 is 39.1 Å². The molecule has 3 N–H and O–H groups in total. The minimum absolute atomic E-state index is 0.00991. The highest BCUT2D eigenvalue weighted by molar-refractivity contribution is 9.10. The van der Waals surface area contributed by atoms with E-state index in [4.69, 9.17) is 17.3 Å². The number of nitrogens with one attached hydrogen (secondary N) is 1. The summed E-state index contributed by atoms with van der Waals surface area (Å²) < 4.78 is 0.726. The SMILES string of the molecule is CC(Cc1cccc(Cl)c1)NC(=O)c1cc(N)ccc1Br. The molecule has 2 aromatic carbocycles. The molecule has 0 heterocycles. The highest BCUT2D eigenvalue weighted by atomic mass is 79.9. The van der Waals surface area contributed by atoms with Gasteiger partial charge in [0.25, 0.3) is 5.91 Å². The summed E-state index contributed by atoms with van der Waals surface area (Å²) in [4.78, 5) is 12.3. The van der Waals surface area contributed by atoms with Gasteiger partial charge in [0.1, 0.15) is 0 Å². The van der Waals surface area contributed by atoms with E-state index in [2.05, 4.69) is 21.2 Å². The molecular weight excluding hydrogens is 352 g/mol. The largest absolute Gasteiger partial charge is 0.399 e. The average molecular weight is 368 g/mol. The lowest BCUT2D eigenvalue weighted by Crippen LogP contribution is -2.34. The van der Waals surface area contributed by atoms with Crippen molar-refractivity contribution in [2.45, 2.75) is 19.4 Å². The molecule has 3 nitrogen and oxygen atoms in total. The molecule has 2 aromatic rings. The van der Waals surface area contributed by atoms with Crippen molar-refractivity contribution in [1.82, 2.24) is 5.32 Å². The number of nitrogen functional groups attached to an aromatic ring is 1. The summed E-state index contributed by atoms with van der Waals surface area (Å²) in [7, 11) is 0. The van der Waals surface area contributed by atoms with Crippen molar-refractivity contribution < 1.29 is 4.79 Å². The van der Waals surface area contributed by atoms with Gasteiger partial charge in [0.15, 0.2) is 0 Å². The molecule has 1 amide bonds. The van der Waals surface area contributed by atoms with Gasteiger partial charge in [-0.15, -0.1) is 0 Å². The number of anilines is 1. The molecule has 2 rings (SSSR count). The van der Waals surface area contributed by atoms with Crippen LogP contribution in [0.3, 0.4) is 0 Å². The van der Waals surface area contributed by atoms with Crippen LogP contribution in [-0.2, 0) is 6.42 Å². The maximum atomic E-state index is 12.3. The quantitative estimate of drug-likeness (QED) is 0.801. The fraction of sp³-hybridized carbons (Fsp3) is 0.188. The van der Waals surface area contributed by atoms with E-state index >= 15 is 0 Å². The van der Waals surface area contributed by atoms with E-state index in [9.17, 15) is 4.79 Å². The van der Waals surface area contributed by atoms with Crippen molar-refractivity contribution in [2.75, 3.05) is 5.73 Å². The number of nitrogens with two attached hydrogens (primary N) is 1. The van der Waals surface area contributed by atoms with Crippen molar-refractivity contribution in [3.8, 4) is 0 Å². The van der Waals surface area contributed by atoms with Gasteiger partial charge in [-0.05, 0) is 65.2 Å². The van der Waals surface area contributed by atoms with Crippen molar-refractivity contribution in [3.05, 3.63) is 63.1 Å². The molecule has 0 fully saturated rings. The molecule has 21 heavy (non-hydrogen) atoms. The first kappa shape index (κ1) is 15.9. The number of carbonyl (C=O) groups is 1. The molecule has 5 heteroatoms. The lowest BCUT2D eigenvalue weighted by atomic mass is 10.1. The number of benzene rings is 2. The summed E-state index contributed by atoms with van der Waals surface area (Å²) >= 11 is 9.32. The molecule has 1 unspecified atom stereocenters. The highest BCUT2D eigenvalue weighted by Gasteiger charge is 2.13. The first-order valence-corrected chi connectivity index (χ1v) is 7.73. The summed E-state index contributed by atoms with van der Waals surface area (Å²) in [5.41, 5.74) is 7.90. The third kappa shape index (κ3) is 4.48. The van der Waals surface area contributed by atoms with Crippen molar-refractivity contribution in [1.29, 1.82) is 0 Å². The van der Waals surface area contributed by atoms with Crippen LogP contribution in [0.1, 0.15) is 22.8 Å². The van der Waals surface area contributed by atoms with Gasteiger partial charge in [-0.2, -0.15) is 0 Å². The van der Waals surface area contributed by atoms with E-state index in [1.807, 2.05) is 31.2 Å². The van der Waals surface area contributed by atoms with Crippen LogP contribution < -0.4 is 11.1 Å². The van der Waals surface area contributed by atoms with Gasteiger partial charge in [0, 0.05) is 21.2 Å². The molecule has 1 atom stereocenters. The van der Waals surface area contributed by atoms with Gasteiger partial charge in [-0.1, -0.05) is 23.7 Å². The Balaban J connectivity index is 2.03. The molecular formula is C16H16BrClN2O. The third-order valence-electron chi connectivity index (χ3n) is 3.04. The van der Waals surface area contributed by atoms with Crippen LogP contribution >= 0.6 is 27.5 Å². The molecule has 0 aliphatic heterocycles. The number of hydrogen-bond acceptors (Lipinski definition) is 2. The van der Waals surface area contributed by atoms with Crippen LogP contribution in [0.15, 0.2) is 46.9 Å². The number of hydrogen-bond donors (Lipinski definition) is 2. The molecule has 0 saturated carbocycles. The Morgan fingerprint density at radius 1 is 1.33 bits per heavy atom. The second kappa shape index (κ2) is 6.96. The van der Waals surface area contributed by atoms with Gasteiger partial charge < -0.3 is 11.1 Å². The maximum absolute atomic E-state index is 12.3. The van der Waals surface area contributed by atoms with E-state index in [1.54, 1.807) is 18.2 Å². The van der Waals surface area contributed by atoms with E-state index in [0.717, 1.165) is 10.0 Å². The van der Waals surface area contributed by atoms with Crippen LogP contribution in [-0.4, -0.2) is 11.9 Å². The summed E-state index contributed by atoms with van der Waals surface area (Å²) in [5.74, 6) is -0.149. The molecule has 0 saturated heterocycles. The molecule has 0 radical (unpaired) electrons. The number of halogens is 2. The minimum Gasteiger partial charge on any atom is -0.399 e. The highest BCUT2D eigenvalue weighted by Crippen LogP contribution is 2.20. The monoisotopic (exact) mass is 366 g/mol. The van der Waals surface area contributed by atoms with Crippen molar-refractivity contribution in [3.63, 3.8) is 0 Å². The Hall–Kier alpha value is -1.52.